The molecule has 11 rings (SSSR count). The molecule has 0 saturated carbocycles. The van der Waals surface area contributed by atoms with Crippen LogP contribution < -0.4 is 0 Å². The third-order valence-electron chi connectivity index (χ3n) is 10.9. The van der Waals surface area contributed by atoms with Gasteiger partial charge < -0.3 is 0 Å². The molecule has 224 valence electrons. The van der Waals surface area contributed by atoms with E-state index in [1.807, 2.05) is 0 Å². The molecule has 0 N–H and O–H groups in total. The van der Waals surface area contributed by atoms with E-state index in [1.165, 1.54) is 98.2 Å². The Morgan fingerprint density at radius 3 is 2.04 bits per heavy atom. The fraction of sp³-hybridized carbons (Fsp3) is 0.0652. The van der Waals surface area contributed by atoms with Crippen molar-refractivity contribution < 1.29 is 0 Å². The molecule has 48 heavy (non-hydrogen) atoms. The Kier molecular flexibility index (Phi) is 5.12. The van der Waals surface area contributed by atoms with Crippen LogP contribution in [0.25, 0.3) is 97.6 Å². The van der Waals surface area contributed by atoms with E-state index in [4.69, 9.17) is 4.98 Å². The van der Waals surface area contributed by atoms with Gasteiger partial charge in [0.05, 0.1) is 10.2 Å². The summed E-state index contributed by atoms with van der Waals surface area (Å²) >= 11 is 1.80. The van der Waals surface area contributed by atoms with Crippen LogP contribution in [-0.4, -0.2) is 4.98 Å². The molecule has 0 unspecified atom stereocenters. The zero-order chi connectivity index (χ0) is 31.7. The van der Waals surface area contributed by atoms with Crippen LogP contribution in [0.15, 0.2) is 140 Å². The lowest BCUT2D eigenvalue weighted by Gasteiger charge is -2.22. The van der Waals surface area contributed by atoms with Gasteiger partial charge in [0.2, 0.25) is 0 Å². The lowest BCUT2D eigenvalue weighted by Crippen LogP contribution is -2.14. The molecule has 0 spiro atoms. The molecule has 0 bridgehead atoms. The van der Waals surface area contributed by atoms with E-state index in [2.05, 4.69) is 153 Å². The van der Waals surface area contributed by atoms with Crippen molar-refractivity contribution in [1.29, 1.82) is 0 Å². The molecule has 1 nitrogen and oxygen atoms in total. The average molecular weight is 628 g/mol. The maximum absolute atomic E-state index is 5.23. The number of hydrogen-bond acceptors (Lipinski definition) is 2. The fourth-order valence-electron chi connectivity index (χ4n) is 8.63. The van der Waals surface area contributed by atoms with Gasteiger partial charge in [-0.3, -0.25) is 0 Å². The monoisotopic (exact) mass is 627 g/mol. The molecule has 8 aromatic rings. The molecule has 0 saturated heterocycles. The highest BCUT2D eigenvalue weighted by Crippen LogP contribution is 2.62. The number of aromatic nitrogens is 1. The van der Waals surface area contributed by atoms with Crippen molar-refractivity contribution in [2.75, 3.05) is 0 Å². The van der Waals surface area contributed by atoms with Crippen molar-refractivity contribution in [2.24, 2.45) is 0 Å². The lowest BCUT2D eigenvalue weighted by molar-refractivity contribution is 0.660. The highest BCUT2D eigenvalue weighted by molar-refractivity contribution is 7.21. The number of hydrogen-bond donors (Lipinski definition) is 0. The van der Waals surface area contributed by atoms with Gasteiger partial charge in [-0.15, -0.1) is 11.3 Å². The first kappa shape index (κ1) is 26.5. The minimum atomic E-state index is -0.0691. The highest BCUT2D eigenvalue weighted by atomic mass is 32.1. The highest BCUT2D eigenvalue weighted by Gasteiger charge is 2.37. The predicted molar refractivity (Wildman–Crippen MR) is 205 cm³/mol. The standard InChI is InChI=1S/C46H29NS/c1-46(2)36-16-8-7-13-30(36)31-22-21-29(24-37(31)46)40-32-14-5-6-15-33(32)42(45-47-38-17-9-10-18-39(38)48-45)35-25-34-41(43(34)44(35)40)28-20-19-26-11-3-4-12-27(26)23-28/h3-25H,1-2H3. The van der Waals surface area contributed by atoms with Gasteiger partial charge in [0.1, 0.15) is 5.01 Å². The van der Waals surface area contributed by atoms with Crippen LogP contribution >= 0.6 is 11.3 Å². The number of nitrogens with zero attached hydrogens (tertiary/aromatic N) is 1. The molecule has 3 aliphatic carbocycles. The van der Waals surface area contributed by atoms with Crippen LogP contribution in [0.3, 0.4) is 0 Å². The molecular formula is C46H29NS. The molecule has 0 amide bonds. The summed E-state index contributed by atoms with van der Waals surface area (Å²) in [6, 6.07) is 51.7. The summed E-state index contributed by atoms with van der Waals surface area (Å²) in [5.41, 5.74) is 15.8. The Morgan fingerprint density at radius 1 is 0.479 bits per heavy atom. The van der Waals surface area contributed by atoms with Crippen molar-refractivity contribution in [3.05, 3.63) is 151 Å². The van der Waals surface area contributed by atoms with Gasteiger partial charge in [-0.2, -0.15) is 0 Å². The SMILES string of the molecule is CC1(C)c2ccccc2-c2ccc(-c3c4ccccc4c(-c4nc5ccccc5s4)c4cc5c(-c6ccc7ccccc7c6)c-5c34)cc21. The largest absolute Gasteiger partial charge is 0.236 e. The van der Waals surface area contributed by atoms with E-state index >= 15 is 0 Å². The van der Waals surface area contributed by atoms with Crippen LogP contribution in [-0.2, 0) is 5.41 Å². The van der Waals surface area contributed by atoms with Crippen LogP contribution in [0.4, 0.5) is 0 Å². The normalized spacial score (nSPS) is 13.8. The molecule has 2 heteroatoms. The van der Waals surface area contributed by atoms with Crippen molar-refractivity contribution >= 4 is 53.9 Å². The predicted octanol–water partition coefficient (Wildman–Crippen LogP) is 13.0. The van der Waals surface area contributed by atoms with Crippen LogP contribution in [0.1, 0.15) is 25.0 Å². The zero-order valence-electron chi connectivity index (χ0n) is 26.6. The van der Waals surface area contributed by atoms with E-state index in [-0.39, 0.29) is 5.41 Å². The molecule has 7 aromatic carbocycles. The van der Waals surface area contributed by atoms with Gasteiger partial charge in [0.15, 0.2) is 0 Å². The molecule has 0 radical (unpaired) electrons. The number of rotatable bonds is 3. The van der Waals surface area contributed by atoms with Crippen molar-refractivity contribution in [3.8, 4) is 55.1 Å². The van der Waals surface area contributed by atoms with E-state index in [1.54, 1.807) is 11.3 Å². The summed E-state index contributed by atoms with van der Waals surface area (Å²) in [7, 11) is 0. The second-order valence-corrected chi connectivity index (χ2v) is 14.9. The number of fused-ring (bicyclic) bond motifs is 9. The van der Waals surface area contributed by atoms with Gasteiger partial charge >= 0.3 is 0 Å². The smallest absolute Gasteiger partial charge is 0.125 e. The van der Waals surface area contributed by atoms with Crippen LogP contribution in [0, 0.1) is 0 Å². The van der Waals surface area contributed by atoms with Crippen molar-refractivity contribution in [3.63, 3.8) is 0 Å². The number of thiazole rings is 1. The summed E-state index contributed by atoms with van der Waals surface area (Å²) in [5, 5.41) is 8.85. The minimum absolute atomic E-state index is 0.0691. The number of para-hydroxylation sites is 1. The van der Waals surface area contributed by atoms with Gasteiger partial charge in [-0.05, 0) is 118 Å². The van der Waals surface area contributed by atoms with Crippen molar-refractivity contribution in [1.82, 2.24) is 4.98 Å². The Labute approximate surface area is 282 Å². The Balaban J connectivity index is 1.24. The number of benzene rings is 8. The first-order valence-corrected chi connectivity index (χ1v) is 17.5. The van der Waals surface area contributed by atoms with Gasteiger partial charge in [0, 0.05) is 11.0 Å². The average Bonchev–Trinajstić information content (AvgIpc) is 3.36. The summed E-state index contributed by atoms with van der Waals surface area (Å²) in [4.78, 5) is 5.23. The van der Waals surface area contributed by atoms with E-state index in [0.717, 1.165) is 10.5 Å². The zero-order valence-corrected chi connectivity index (χ0v) is 27.5. The van der Waals surface area contributed by atoms with E-state index < -0.39 is 0 Å². The van der Waals surface area contributed by atoms with Crippen molar-refractivity contribution in [2.45, 2.75) is 19.3 Å². The lowest BCUT2D eigenvalue weighted by atomic mass is 9.81. The fourth-order valence-corrected chi connectivity index (χ4v) is 9.67. The van der Waals surface area contributed by atoms with E-state index in [0.29, 0.717) is 0 Å². The van der Waals surface area contributed by atoms with Gasteiger partial charge in [-0.25, -0.2) is 4.98 Å². The van der Waals surface area contributed by atoms with Gasteiger partial charge in [-0.1, -0.05) is 123 Å². The second-order valence-electron chi connectivity index (χ2n) is 13.9. The third kappa shape index (κ3) is 3.48. The minimum Gasteiger partial charge on any atom is -0.236 e. The first-order chi connectivity index (χ1) is 23.6. The molecule has 1 heterocycles. The first-order valence-electron chi connectivity index (χ1n) is 16.7. The summed E-state index contributed by atoms with van der Waals surface area (Å²) in [6.07, 6.45) is 0. The molecular weight excluding hydrogens is 599 g/mol. The maximum Gasteiger partial charge on any atom is 0.125 e. The second kappa shape index (κ2) is 9.28. The van der Waals surface area contributed by atoms with Crippen LogP contribution in [0.2, 0.25) is 0 Å². The summed E-state index contributed by atoms with van der Waals surface area (Å²) in [5.74, 6) is 0. The molecule has 3 aliphatic rings. The molecule has 0 atom stereocenters. The Morgan fingerprint density at radius 2 is 1.17 bits per heavy atom. The molecule has 1 aromatic heterocycles. The Hall–Kier alpha value is -5.57. The maximum atomic E-state index is 5.23. The quantitative estimate of drug-likeness (QED) is 0.178. The topological polar surface area (TPSA) is 12.9 Å². The van der Waals surface area contributed by atoms with Gasteiger partial charge in [0.25, 0.3) is 0 Å². The molecule has 0 aliphatic heterocycles. The molecule has 0 fully saturated rings. The van der Waals surface area contributed by atoms with Crippen LogP contribution in [0.5, 0.6) is 0 Å². The summed E-state index contributed by atoms with van der Waals surface area (Å²) in [6.45, 7) is 4.75. The summed E-state index contributed by atoms with van der Waals surface area (Å²) < 4.78 is 1.22. The van der Waals surface area contributed by atoms with E-state index in [9.17, 15) is 0 Å². The Bertz CT molecular complexity index is 2840. The third-order valence-corrected chi connectivity index (χ3v) is 12.0.